The summed E-state index contributed by atoms with van der Waals surface area (Å²) in [5.74, 6) is 0.386. The molecule has 0 bridgehead atoms. The van der Waals surface area contributed by atoms with Crippen LogP contribution >= 0.6 is 11.8 Å². The van der Waals surface area contributed by atoms with Gasteiger partial charge in [0.05, 0.1) is 18.2 Å². The lowest BCUT2D eigenvalue weighted by molar-refractivity contribution is -0.116. The van der Waals surface area contributed by atoms with Crippen LogP contribution in [0.15, 0.2) is 16.4 Å². The van der Waals surface area contributed by atoms with Gasteiger partial charge in [0.2, 0.25) is 5.91 Å². The molecule has 6 nitrogen and oxygen atoms in total. The largest absolute Gasteiger partial charge is 0.303 e. The summed E-state index contributed by atoms with van der Waals surface area (Å²) < 4.78 is 1.76. The minimum absolute atomic E-state index is 0.0310. The molecule has 1 saturated heterocycles. The van der Waals surface area contributed by atoms with Crippen LogP contribution in [0.4, 0.5) is 0 Å². The first-order valence-corrected chi connectivity index (χ1v) is 5.67. The van der Waals surface area contributed by atoms with Gasteiger partial charge in [-0.25, -0.2) is 0 Å². The van der Waals surface area contributed by atoms with Crippen molar-refractivity contribution in [3.8, 4) is 0 Å². The molecule has 0 atom stereocenters. The van der Waals surface area contributed by atoms with Crippen LogP contribution in [0, 0.1) is 6.92 Å². The molecule has 0 saturated carbocycles. The average molecular weight is 237 g/mol. The van der Waals surface area contributed by atoms with Crippen molar-refractivity contribution in [1.82, 2.24) is 15.1 Å². The molecule has 0 radical (unpaired) electrons. The number of hydrogen-bond acceptors (Lipinski definition) is 5. The van der Waals surface area contributed by atoms with Crippen LogP contribution in [0.25, 0.3) is 0 Å². The fraction of sp³-hybridized carbons (Fsp3) is 0.333. The Bertz CT molecular complexity index is 476. The number of carbonyl (C=O) groups excluding carboxylic acids is 1. The van der Waals surface area contributed by atoms with Gasteiger partial charge in [-0.05, 0) is 6.92 Å². The van der Waals surface area contributed by atoms with Crippen LogP contribution in [-0.2, 0) is 11.8 Å². The van der Waals surface area contributed by atoms with Gasteiger partial charge in [-0.3, -0.25) is 9.48 Å². The fourth-order valence-electron chi connectivity index (χ4n) is 1.17. The Labute approximate surface area is 96.8 Å². The summed E-state index contributed by atoms with van der Waals surface area (Å²) in [7, 11) is 1.87. The molecule has 0 spiro atoms. The van der Waals surface area contributed by atoms with Gasteiger partial charge in [0, 0.05) is 18.3 Å². The molecular formula is C9H11N5OS. The van der Waals surface area contributed by atoms with E-state index in [1.807, 2.05) is 14.0 Å². The van der Waals surface area contributed by atoms with Crippen LogP contribution in [0.1, 0.15) is 11.3 Å². The molecule has 7 heteroatoms. The third-order valence-electron chi connectivity index (χ3n) is 2.20. The predicted molar refractivity (Wildman–Crippen MR) is 63.6 cm³/mol. The minimum Gasteiger partial charge on any atom is -0.303 e. The summed E-state index contributed by atoms with van der Waals surface area (Å²) in [4.78, 5) is 10.9. The first kappa shape index (κ1) is 10.9. The van der Waals surface area contributed by atoms with E-state index in [4.69, 9.17) is 0 Å². The summed E-state index contributed by atoms with van der Waals surface area (Å²) in [5, 5.41) is 15.0. The molecule has 0 unspecified atom stereocenters. The second-order valence-electron chi connectivity index (χ2n) is 3.30. The molecule has 84 valence electrons. The van der Waals surface area contributed by atoms with Crippen molar-refractivity contribution < 1.29 is 4.79 Å². The van der Waals surface area contributed by atoms with Gasteiger partial charge in [0.25, 0.3) is 0 Å². The summed E-state index contributed by atoms with van der Waals surface area (Å²) in [6.45, 7) is 1.95. The summed E-state index contributed by atoms with van der Waals surface area (Å²) in [6, 6.07) is 0. The molecule has 2 heterocycles. The second-order valence-corrected chi connectivity index (χ2v) is 4.26. The molecule has 1 aromatic heterocycles. The van der Waals surface area contributed by atoms with Gasteiger partial charge in [-0.2, -0.15) is 10.2 Å². The van der Waals surface area contributed by atoms with Crippen LogP contribution in [0.5, 0.6) is 0 Å². The standard InChI is InChI=1S/C9H11N5OS/c1-6-7(4-11-14(6)2)3-10-13-9-12-8(15)5-16-9/h3-4H,5H2,1-2H3,(H,12,13,15)/b10-3+. The van der Waals surface area contributed by atoms with Crippen LogP contribution < -0.4 is 5.32 Å². The Hall–Kier alpha value is -1.63. The molecule has 0 aliphatic carbocycles. The number of nitrogens with one attached hydrogen (secondary N) is 1. The quantitative estimate of drug-likeness (QED) is 0.593. The fourth-order valence-corrected chi connectivity index (χ4v) is 1.80. The van der Waals surface area contributed by atoms with Crippen molar-refractivity contribution in [2.75, 3.05) is 5.75 Å². The van der Waals surface area contributed by atoms with Gasteiger partial charge >= 0.3 is 0 Å². The molecule has 1 N–H and O–H groups in total. The highest BCUT2D eigenvalue weighted by Crippen LogP contribution is 2.08. The number of hydrogen-bond donors (Lipinski definition) is 1. The minimum atomic E-state index is -0.0310. The SMILES string of the molecule is Cc1c(/C=N/N=C2\NC(=O)CS2)cnn1C. The molecule has 1 aromatic rings. The van der Waals surface area contributed by atoms with E-state index < -0.39 is 0 Å². The van der Waals surface area contributed by atoms with Gasteiger partial charge in [0.15, 0.2) is 5.17 Å². The van der Waals surface area contributed by atoms with E-state index in [1.54, 1.807) is 17.1 Å². The van der Waals surface area contributed by atoms with Crippen molar-refractivity contribution >= 4 is 29.1 Å². The zero-order valence-electron chi connectivity index (χ0n) is 8.97. The number of aryl methyl sites for hydroxylation is 1. The number of thioether (sulfide) groups is 1. The Morgan fingerprint density at radius 2 is 2.50 bits per heavy atom. The number of amides is 1. The van der Waals surface area contributed by atoms with E-state index in [0.29, 0.717) is 10.9 Å². The molecule has 1 aliphatic heterocycles. The van der Waals surface area contributed by atoms with Crippen molar-refractivity contribution in [3.05, 3.63) is 17.5 Å². The molecule has 0 aromatic carbocycles. The van der Waals surface area contributed by atoms with E-state index in [0.717, 1.165) is 11.3 Å². The third kappa shape index (κ3) is 2.30. The van der Waals surface area contributed by atoms with E-state index in [9.17, 15) is 4.79 Å². The molecular weight excluding hydrogens is 226 g/mol. The molecule has 1 amide bonds. The number of amidine groups is 1. The third-order valence-corrected chi connectivity index (χ3v) is 3.07. The number of rotatable bonds is 2. The number of carbonyl (C=O) groups is 1. The molecule has 1 aliphatic rings. The maximum Gasteiger partial charge on any atom is 0.236 e. The highest BCUT2D eigenvalue weighted by molar-refractivity contribution is 8.15. The van der Waals surface area contributed by atoms with Crippen LogP contribution in [-0.4, -0.2) is 32.8 Å². The summed E-state index contributed by atoms with van der Waals surface area (Å²) in [6.07, 6.45) is 3.35. The lowest BCUT2D eigenvalue weighted by Gasteiger charge is -1.92. The number of nitrogens with zero attached hydrogens (tertiary/aromatic N) is 4. The van der Waals surface area contributed by atoms with E-state index >= 15 is 0 Å². The van der Waals surface area contributed by atoms with Gasteiger partial charge in [0.1, 0.15) is 0 Å². The Morgan fingerprint density at radius 3 is 3.06 bits per heavy atom. The Morgan fingerprint density at radius 1 is 1.69 bits per heavy atom. The summed E-state index contributed by atoms with van der Waals surface area (Å²) in [5.41, 5.74) is 1.94. The highest BCUT2D eigenvalue weighted by Gasteiger charge is 2.15. The molecule has 2 rings (SSSR count). The Balaban J connectivity index is 2.05. The maximum atomic E-state index is 10.9. The average Bonchev–Trinajstić information content (AvgIpc) is 2.79. The molecule has 1 fully saturated rings. The Kier molecular flexibility index (Phi) is 3.04. The normalized spacial score (nSPS) is 18.6. The smallest absolute Gasteiger partial charge is 0.236 e. The van der Waals surface area contributed by atoms with Gasteiger partial charge in [-0.15, -0.1) is 5.10 Å². The van der Waals surface area contributed by atoms with Crippen LogP contribution in [0.3, 0.4) is 0 Å². The molecule has 16 heavy (non-hydrogen) atoms. The lowest BCUT2D eigenvalue weighted by Crippen LogP contribution is -2.19. The van der Waals surface area contributed by atoms with Gasteiger partial charge in [-0.1, -0.05) is 11.8 Å². The summed E-state index contributed by atoms with van der Waals surface area (Å²) >= 11 is 1.35. The first-order valence-electron chi connectivity index (χ1n) is 4.69. The highest BCUT2D eigenvalue weighted by atomic mass is 32.2. The second kappa shape index (κ2) is 4.48. The maximum absolute atomic E-state index is 10.9. The first-order chi connectivity index (χ1) is 7.66. The number of aromatic nitrogens is 2. The van der Waals surface area contributed by atoms with Crippen LogP contribution in [0.2, 0.25) is 0 Å². The topological polar surface area (TPSA) is 71.6 Å². The van der Waals surface area contributed by atoms with Crippen molar-refractivity contribution in [3.63, 3.8) is 0 Å². The van der Waals surface area contributed by atoms with Gasteiger partial charge < -0.3 is 5.32 Å². The van der Waals surface area contributed by atoms with E-state index in [2.05, 4.69) is 20.6 Å². The van der Waals surface area contributed by atoms with Crippen molar-refractivity contribution in [2.24, 2.45) is 17.3 Å². The predicted octanol–water partition coefficient (Wildman–Crippen LogP) is 0.281. The zero-order chi connectivity index (χ0) is 11.5. The van der Waals surface area contributed by atoms with E-state index in [1.165, 1.54) is 11.8 Å². The zero-order valence-corrected chi connectivity index (χ0v) is 9.78. The lowest BCUT2D eigenvalue weighted by atomic mass is 10.3. The monoisotopic (exact) mass is 237 g/mol. The van der Waals surface area contributed by atoms with Crippen molar-refractivity contribution in [1.29, 1.82) is 0 Å². The van der Waals surface area contributed by atoms with E-state index in [-0.39, 0.29) is 5.91 Å². The van der Waals surface area contributed by atoms with Crippen molar-refractivity contribution in [2.45, 2.75) is 6.92 Å².